The Balaban J connectivity index is 1.94. The lowest BCUT2D eigenvalue weighted by Gasteiger charge is -2.19. The predicted octanol–water partition coefficient (Wildman–Crippen LogP) is 2.16. The van der Waals surface area contributed by atoms with E-state index in [2.05, 4.69) is 5.32 Å². The minimum atomic E-state index is -0.680. The van der Waals surface area contributed by atoms with Gasteiger partial charge in [-0.1, -0.05) is 6.07 Å². The monoisotopic (exact) mass is 261 g/mol. The minimum absolute atomic E-state index is 0.0411. The number of fused-ring (bicyclic) bond motifs is 1. The summed E-state index contributed by atoms with van der Waals surface area (Å²) in [6, 6.07) is 7.19. The lowest BCUT2D eigenvalue weighted by molar-refractivity contribution is -0.118. The molecule has 0 radical (unpaired) electrons. The summed E-state index contributed by atoms with van der Waals surface area (Å²) in [6.07, 6.45) is -0.680. The summed E-state index contributed by atoms with van der Waals surface area (Å²) in [5.74, 6) is 0.459. The van der Waals surface area contributed by atoms with E-state index in [1.54, 1.807) is 18.2 Å². The molecular weight excluding hydrogens is 250 g/mol. The molecule has 0 saturated heterocycles. The number of anilines is 1. The molecule has 2 aromatic rings. The molecule has 1 amide bonds. The van der Waals surface area contributed by atoms with E-state index >= 15 is 0 Å². The van der Waals surface area contributed by atoms with E-state index in [9.17, 15) is 9.90 Å². The summed E-state index contributed by atoms with van der Waals surface area (Å²) in [7, 11) is 0. The second-order valence-electron chi connectivity index (χ2n) is 4.05. The highest BCUT2D eigenvalue weighted by molar-refractivity contribution is 7.07. The van der Waals surface area contributed by atoms with Crippen LogP contribution in [0.5, 0.6) is 5.75 Å². The number of nitrogens with one attached hydrogen (secondary N) is 1. The van der Waals surface area contributed by atoms with Crippen LogP contribution < -0.4 is 10.1 Å². The highest BCUT2D eigenvalue weighted by Gasteiger charge is 2.18. The Bertz CT molecular complexity index is 580. The lowest BCUT2D eigenvalue weighted by Crippen LogP contribution is -2.25. The Kier molecular flexibility index (Phi) is 2.77. The molecule has 1 atom stereocenters. The molecule has 3 rings (SSSR count). The zero-order valence-electron chi connectivity index (χ0n) is 9.42. The normalized spacial score (nSPS) is 15.5. The highest BCUT2D eigenvalue weighted by Crippen LogP contribution is 2.32. The molecular formula is C13H11NO3S. The standard InChI is InChI=1S/C13H11NO3S/c15-12-6-17-11-2-1-8(5-10(11)14-12)13(16)9-3-4-18-7-9/h1-5,7,13,16H,6H2,(H,14,15). The molecule has 2 heterocycles. The Morgan fingerprint density at radius 1 is 1.33 bits per heavy atom. The lowest BCUT2D eigenvalue weighted by atomic mass is 10.0. The number of hydrogen-bond donors (Lipinski definition) is 2. The molecule has 2 N–H and O–H groups in total. The van der Waals surface area contributed by atoms with Gasteiger partial charge in [-0.05, 0) is 40.1 Å². The topological polar surface area (TPSA) is 58.6 Å². The molecule has 0 saturated carbocycles. The van der Waals surface area contributed by atoms with Crippen LogP contribution >= 0.6 is 11.3 Å². The van der Waals surface area contributed by atoms with Crippen LogP contribution in [0.1, 0.15) is 17.2 Å². The number of carbonyl (C=O) groups excluding carboxylic acids is 1. The number of aliphatic hydroxyl groups is 1. The van der Waals surface area contributed by atoms with E-state index in [0.29, 0.717) is 11.4 Å². The fourth-order valence-electron chi connectivity index (χ4n) is 1.89. The molecule has 5 heteroatoms. The average Bonchev–Trinajstić information content (AvgIpc) is 2.90. The number of ether oxygens (including phenoxy) is 1. The molecule has 1 aromatic carbocycles. The van der Waals surface area contributed by atoms with Gasteiger partial charge in [0.1, 0.15) is 11.9 Å². The summed E-state index contributed by atoms with van der Waals surface area (Å²) in [5, 5.41) is 16.7. The van der Waals surface area contributed by atoms with E-state index in [0.717, 1.165) is 11.1 Å². The molecule has 0 aliphatic carbocycles. The second kappa shape index (κ2) is 4.44. The smallest absolute Gasteiger partial charge is 0.262 e. The molecule has 18 heavy (non-hydrogen) atoms. The van der Waals surface area contributed by atoms with Gasteiger partial charge in [0, 0.05) is 0 Å². The fourth-order valence-corrected chi connectivity index (χ4v) is 2.57. The maximum atomic E-state index is 11.2. The first-order valence-electron chi connectivity index (χ1n) is 5.51. The third-order valence-electron chi connectivity index (χ3n) is 2.81. The van der Waals surface area contributed by atoms with Crippen molar-refractivity contribution < 1.29 is 14.6 Å². The summed E-state index contributed by atoms with van der Waals surface area (Å²) >= 11 is 1.54. The largest absolute Gasteiger partial charge is 0.482 e. The minimum Gasteiger partial charge on any atom is -0.482 e. The van der Waals surface area contributed by atoms with E-state index < -0.39 is 6.10 Å². The number of benzene rings is 1. The van der Waals surface area contributed by atoms with Crippen molar-refractivity contribution in [2.75, 3.05) is 11.9 Å². The Morgan fingerprint density at radius 3 is 3.00 bits per heavy atom. The van der Waals surface area contributed by atoms with Crippen molar-refractivity contribution in [3.8, 4) is 5.75 Å². The van der Waals surface area contributed by atoms with Gasteiger partial charge in [0.2, 0.25) is 0 Å². The summed E-state index contributed by atoms with van der Waals surface area (Å²) < 4.78 is 5.27. The number of amides is 1. The van der Waals surface area contributed by atoms with Gasteiger partial charge >= 0.3 is 0 Å². The summed E-state index contributed by atoms with van der Waals surface area (Å²) in [4.78, 5) is 11.2. The van der Waals surface area contributed by atoms with Crippen LogP contribution in [0.2, 0.25) is 0 Å². The summed E-state index contributed by atoms with van der Waals surface area (Å²) in [6.45, 7) is 0.0411. The van der Waals surface area contributed by atoms with Gasteiger partial charge in [0.25, 0.3) is 5.91 Å². The van der Waals surface area contributed by atoms with E-state index in [-0.39, 0.29) is 12.5 Å². The molecule has 1 aliphatic heterocycles. The van der Waals surface area contributed by atoms with Crippen molar-refractivity contribution in [1.29, 1.82) is 0 Å². The van der Waals surface area contributed by atoms with Crippen molar-refractivity contribution in [3.63, 3.8) is 0 Å². The Labute approximate surface area is 108 Å². The molecule has 1 unspecified atom stereocenters. The van der Waals surface area contributed by atoms with Crippen LogP contribution in [0.4, 0.5) is 5.69 Å². The van der Waals surface area contributed by atoms with Gasteiger partial charge in [-0.15, -0.1) is 0 Å². The van der Waals surface area contributed by atoms with Gasteiger partial charge in [-0.3, -0.25) is 4.79 Å². The van der Waals surface area contributed by atoms with Crippen molar-refractivity contribution in [2.45, 2.75) is 6.10 Å². The first-order chi connectivity index (χ1) is 8.74. The summed E-state index contributed by atoms with van der Waals surface area (Å²) in [5.41, 5.74) is 2.19. The zero-order chi connectivity index (χ0) is 12.5. The molecule has 1 aromatic heterocycles. The Hall–Kier alpha value is -1.85. The molecule has 1 aliphatic rings. The molecule has 92 valence electrons. The second-order valence-corrected chi connectivity index (χ2v) is 4.83. The molecule has 0 bridgehead atoms. The molecule has 0 spiro atoms. The van der Waals surface area contributed by atoms with Crippen molar-refractivity contribution in [3.05, 3.63) is 46.2 Å². The SMILES string of the molecule is O=C1COc2ccc(C(O)c3ccsc3)cc2N1. The van der Waals surface area contributed by atoms with Crippen LogP contribution in [0.3, 0.4) is 0 Å². The maximum absolute atomic E-state index is 11.2. The number of hydrogen-bond acceptors (Lipinski definition) is 4. The van der Waals surface area contributed by atoms with Gasteiger partial charge in [0.05, 0.1) is 5.69 Å². The maximum Gasteiger partial charge on any atom is 0.262 e. The third kappa shape index (κ3) is 1.98. The van der Waals surface area contributed by atoms with Crippen molar-refractivity contribution >= 4 is 22.9 Å². The van der Waals surface area contributed by atoms with Crippen LogP contribution in [0, 0.1) is 0 Å². The van der Waals surface area contributed by atoms with Gasteiger partial charge in [0.15, 0.2) is 6.61 Å². The number of carbonyl (C=O) groups is 1. The van der Waals surface area contributed by atoms with Gasteiger partial charge < -0.3 is 15.2 Å². The van der Waals surface area contributed by atoms with Gasteiger partial charge in [-0.25, -0.2) is 0 Å². The van der Waals surface area contributed by atoms with Crippen LogP contribution in [0.15, 0.2) is 35.0 Å². The van der Waals surface area contributed by atoms with E-state index in [1.165, 1.54) is 11.3 Å². The molecule has 0 fully saturated rings. The predicted molar refractivity (Wildman–Crippen MR) is 68.9 cm³/mol. The van der Waals surface area contributed by atoms with Crippen LogP contribution in [0.25, 0.3) is 0 Å². The number of aliphatic hydroxyl groups excluding tert-OH is 1. The first kappa shape index (κ1) is 11.3. The van der Waals surface area contributed by atoms with Crippen molar-refractivity contribution in [2.24, 2.45) is 0 Å². The van der Waals surface area contributed by atoms with E-state index in [4.69, 9.17) is 4.74 Å². The number of rotatable bonds is 2. The van der Waals surface area contributed by atoms with Crippen LogP contribution in [-0.4, -0.2) is 17.6 Å². The fraction of sp³-hybridized carbons (Fsp3) is 0.154. The van der Waals surface area contributed by atoms with Crippen LogP contribution in [-0.2, 0) is 4.79 Å². The van der Waals surface area contributed by atoms with E-state index in [1.807, 2.05) is 16.8 Å². The number of thiophene rings is 1. The third-order valence-corrected chi connectivity index (χ3v) is 3.51. The molecule has 4 nitrogen and oxygen atoms in total. The van der Waals surface area contributed by atoms with Gasteiger partial charge in [-0.2, -0.15) is 11.3 Å². The highest BCUT2D eigenvalue weighted by atomic mass is 32.1. The van der Waals surface area contributed by atoms with Crippen molar-refractivity contribution in [1.82, 2.24) is 0 Å². The Morgan fingerprint density at radius 2 is 2.22 bits per heavy atom. The zero-order valence-corrected chi connectivity index (χ0v) is 10.2. The first-order valence-corrected chi connectivity index (χ1v) is 6.45. The average molecular weight is 261 g/mol. The quantitative estimate of drug-likeness (QED) is 0.871.